The van der Waals surface area contributed by atoms with E-state index in [0.717, 1.165) is 11.3 Å². The number of methoxy groups -OCH3 is 2. The van der Waals surface area contributed by atoms with Crippen LogP contribution in [0, 0.1) is 0 Å². The molecule has 1 heterocycles. The predicted molar refractivity (Wildman–Crippen MR) is 102 cm³/mol. The fourth-order valence-electron chi connectivity index (χ4n) is 2.05. The number of benzene rings is 1. The van der Waals surface area contributed by atoms with Crippen molar-refractivity contribution in [3.8, 4) is 11.5 Å². The number of pyridine rings is 1. The van der Waals surface area contributed by atoms with Gasteiger partial charge in [0.05, 0.1) is 24.8 Å². The van der Waals surface area contributed by atoms with Crippen LogP contribution in [-0.4, -0.2) is 25.1 Å². The second-order valence-corrected chi connectivity index (χ2v) is 5.51. The minimum absolute atomic E-state index is 0.271. The standard InChI is InChI=1S/C19H20N2O3S/c1-23-16-10-9-14(17(12-16)24-2)13-21-19(22)18(25)8-5-7-15-6-3-4-11-20-15/h3-12,25H,13H2,1-2H3,(H,21,22)/b7-5+,18-8-. The molecule has 2 rings (SSSR count). The van der Waals surface area contributed by atoms with Gasteiger partial charge in [-0.1, -0.05) is 12.1 Å². The van der Waals surface area contributed by atoms with Crippen LogP contribution < -0.4 is 14.8 Å². The zero-order valence-corrected chi connectivity index (χ0v) is 15.0. The average molecular weight is 356 g/mol. The van der Waals surface area contributed by atoms with Gasteiger partial charge in [0.25, 0.3) is 5.91 Å². The fraction of sp³-hybridized carbons (Fsp3) is 0.158. The van der Waals surface area contributed by atoms with Crippen LogP contribution in [0.2, 0.25) is 0 Å². The van der Waals surface area contributed by atoms with Crippen molar-refractivity contribution in [3.05, 3.63) is 70.9 Å². The van der Waals surface area contributed by atoms with Crippen molar-refractivity contribution < 1.29 is 14.3 Å². The molecule has 0 aliphatic heterocycles. The van der Waals surface area contributed by atoms with Crippen molar-refractivity contribution >= 4 is 24.6 Å². The molecule has 0 bridgehead atoms. The Labute approximate surface area is 152 Å². The van der Waals surface area contributed by atoms with Gasteiger partial charge in [0, 0.05) is 24.4 Å². The largest absolute Gasteiger partial charge is 0.497 e. The molecule has 0 spiro atoms. The summed E-state index contributed by atoms with van der Waals surface area (Å²) in [6, 6.07) is 11.1. The van der Waals surface area contributed by atoms with E-state index >= 15 is 0 Å². The van der Waals surface area contributed by atoms with Crippen LogP contribution in [0.4, 0.5) is 0 Å². The molecule has 0 saturated heterocycles. The number of carbonyl (C=O) groups excluding carboxylic acids is 1. The molecule has 0 radical (unpaired) electrons. The molecule has 1 N–H and O–H groups in total. The van der Waals surface area contributed by atoms with E-state index in [0.29, 0.717) is 22.9 Å². The van der Waals surface area contributed by atoms with Gasteiger partial charge in [-0.2, -0.15) is 0 Å². The van der Waals surface area contributed by atoms with E-state index in [4.69, 9.17) is 9.47 Å². The van der Waals surface area contributed by atoms with E-state index in [1.54, 1.807) is 44.7 Å². The first-order valence-corrected chi connectivity index (χ1v) is 8.06. The maximum absolute atomic E-state index is 12.1. The van der Waals surface area contributed by atoms with Crippen molar-refractivity contribution in [2.45, 2.75) is 6.54 Å². The van der Waals surface area contributed by atoms with Crippen molar-refractivity contribution in [2.24, 2.45) is 0 Å². The van der Waals surface area contributed by atoms with Gasteiger partial charge in [-0.05, 0) is 36.4 Å². The number of ether oxygens (including phenoxy) is 2. The highest BCUT2D eigenvalue weighted by Crippen LogP contribution is 2.24. The molecular weight excluding hydrogens is 336 g/mol. The Kier molecular flexibility index (Phi) is 7.10. The summed E-state index contributed by atoms with van der Waals surface area (Å²) < 4.78 is 10.5. The summed E-state index contributed by atoms with van der Waals surface area (Å²) in [5.41, 5.74) is 1.66. The van der Waals surface area contributed by atoms with Crippen LogP contribution >= 0.6 is 12.6 Å². The van der Waals surface area contributed by atoms with Gasteiger partial charge in [-0.3, -0.25) is 9.78 Å². The van der Waals surface area contributed by atoms with Gasteiger partial charge in [0.2, 0.25) is 0 Å². The number of hydrogen-bond donors (Lipinski definition) is 2. The maximum atomic E-state index is 12.1. The molecule has 5 nitrogen and oxygen atoms in total. The number of nitrogens with zero attached hydrogens (tertiary/aromatic N) is 1. The van der Waals surface area contributed by atoms with E-state index in [1.807, 2.05) is 30.3 Å². The fourth-order valence-corrected chi connectivity index (χ4v) is 2.22. The number of thiol groups is 1. The molecule has 1 aromatic heterocycles. The Morgan fingerprint density at radius 2 is 2.08 bits per heavy atom. The van der Waals surface area contributed by atoms with Crippen molar-refractivity contribution in [2.75, 3.05) is 14.2 Å². The summed E-state index contributed by atoms with van der Waals surface area (Å²) in [6.45, 7) is 0.327. The summed E-state index contributed by atoms with van der Waals surface area (Å²) in [4.78, 5) is 16.6. The third-order valence-corrected chi connectivity index (χ3v) is 3.73. The Hall–Kier alpha value is -2.73. The first-order valence-electron chi connectivity index (χ1n) is 7.61. The first-order chi connectivity index (χ1) is 12.1. The number of hydrogen-bond acceptors (Lipinski definition) is 5. The normalized spacial score (nSPS) is 11.4. The molecule has 0 unspecified atom stereocenters. The minimum atomic E-state index is -0.271. The summed E-state index contributed by atoms with van der Waals surface area (Å²) in [7, 11) is 3.17. The number of amides is 1. The quantitative estimate of drug-likeness (QED) is 0.454. The summed E-state index contributed by atoms with van der Waals surface area (Å²) in [5, 5.41) is 2.81. The van der Waals surface area contributed by atoms with E-state index < -0.39 is 0 Å². The van der Waals surface area contributed by atoms with E-state index in [9.17, 15) is 4.79 Å². The smallest absolute Gasteiger partial charge is 0.257 e. The van der Waals surface area contributed by atoms with Crippen LogP contribution in [0.25, 0.3) is 6.08 Å². The average Bonchev–Trinajstić information content (AvgIpc) is 2.66. The van der Waals surface area contributed by atoms with Gasteiger partial charge >= 0.3 is 0 Å². The number of allylic oxidation sites excluding steroid dienone is 2. The lowest BCUT2D eigenvalue weighted by molar-refractivity contribution is -0.116. The van der Waals surface area contributed by atoms with Crippen LogP contribution in [0.15, 0.2) is 59.7 Å². The Bertz CT molecular complexity index is 773. The summed E-state index contributed by atoms with van der Waals surface area (Å²) in [6.07, 6.45) is 6.87. The monoisotopic (exact) mass is 356 g/mol. The SMILES string of the molecule is COc1ccc(CNC(=O)/C(S)=C/C=C/c2ccccn2)c(OC)c1. The van der Waals surface area contributed by atoms with Crippen LogP contribution in [0.1, 0.15) is 11.3 Å². The lowest BCUT2D eigenvalue weighted by Gasteiger charge is -2.11. The van der Waals surface area contributed by atoms with Crippen molar-refractivity contribution in [1.82, 2.24) is 10.3 Å². The highest BCUT2D eigenvalue weighted by atomic mass is 32.1. The third kappa shape index (κ3) is 5.69. The second-order valence-electron chi connectivity index (χ2n) is 5.03. The Balaban J connectivity index is 1.95. The highest BCUT2D eigenvalue weighted by Gasteiger charge is 2.08. The summed E-state index contributed by atoms with van der Waals surface area (Å²) >= 11 is 4.22. The lowest BCUT2D eigenvalue weighted by atomic mass is 10.2. The first kappa shape index (κ1) is 18.6. The van der Waals surface area contributed by atoms with Gasteiger partial charge in [0.15, 0.2) is 0 Å². The molecule has 130 valence electrons. The van der Waals surface area contributed by atoms with E-state index in [2.05, 4.69) is 22.9 Å². The summed E-state index contributed by atoms with van der Waals surface area (Å²) in [5.74, 6) is 1.08. The Morgan fingerprint density at radius 3 is 2.76 bits per heavy atom. The minimum Gasteiger partial charge on any atom is -0.497 e. The van der Waals surface area contributed by atoms with Crippen molar-refractivity contribution in [3.63, 3.8) is 0 Å². The number of nitrogens with one attached hydrogen (secondary N) is 1. The molecule has 0 atom stereocenters. The number of carbonyl (C=O) groups is 1. The molecule has 1 aromatic carbocycles. The van der Waals surface area contributed by atoms with Crippen molar-refractivity contribution in [1.29, 1.82) is 0 Å². The van der Waals surface area contributed by atoms with Gasteiger partial charge in [-0.15, -0.1) is 12.6 Å². The molecule has 0 saturated carbocycles. The third-order valence-electron chi connectivity index (χ3n) is 3.38. The zero-order valence-electron chi connectivity index (χ0n) is 14.1. The van der Waals surface area contributed by atoms with Gasteiger partial charge in [0.1, 0.15) is 11.5 Å². The molecule has 6 heteroatoms. The van der Waals surface area contributed by atoms with Crippen LogP contribution in [0.3, 0.4) is 0 Å². The predicted octanol–water partition coefficient (Wildman–Crippen LogP) is 3.24. The molecular formula is C19H20N2O3S. The van der Waals surface area contributed by atoms with E-state index in [1.165, 1.54) is 0 Å². The van der Waals surface area contributed by atoms with Gasteiger partial charge in [-0.25, -0.2) is 0 Å². The van der Waals surface area contributed by atoms with E-state index in [-0.39, 0.29) is 5.91 Å². The maximum Gasteiger partial charge on any atom is 0.257 e. The molecule has 1 amide bonds. The lowest BCUT2D eigenvalue weighted by Crippen LogP contribution is -2.23. The molecule has 25 heavy (non-hydrogen) atoms. The van der Waals surface area contributed by atoms with Crippen LogP contribution in [0.5, 0.6) is 11.5 Å². The number of rotatable bonds is 7. The molecule has 0 aliphatic rings. The zero-order chi connectivity index (χ0) is 18.1. The van der Waals surface area contributed by atoms with Crippen LogP contribution in [-0.2, 0) is 11.3 Å². The topological polar surface area (TPSA) is 60.5 Å². The Morgan fingerprint density at radius 1 is 1.24 bits per heavy atom. The number of aromatic nitrogens is 1. The molecule has 0 fully saturated rings. The van der Waals surface area contributed by atoms with Gasteiger partial charge < -0.3 is 14.8 Å². The highest BCUT2D eigenvalue weighted by molar-refractivity contribution is 7.85. The molecule has 0 aliphatic carbocycles. The second kappa shape index (κ2) is 9.54. The molecule has 2 aromatic rings.